The molecule has 0 aromatic heterocycles. The van der Waals surface area contributed by atoms with E-state index in [9.17, 15) is 8.42 Å². The number of benzene rings is 1. The molecule has 0 spiro atoms. The van der Waals surface area contributed by atoms with Gasteiger partial charge in [0.1, 0.15) is 0 Å². The highest BCUT2D eigenvalue weighted by Crippen LogP contribution is 2.23. The second-order valence-corrected chi connectivity index (χ2v) is 7.92. The zero-order chi connectivity index (χ0) is 14.0. The lowest BCUT2D eigenvalue weighted by Gasteiger charge is -2.34. The van der Waals surface area contributed by atoms with Gasteiger partial charge >= 0.3 is 0 Å². The minimum absolute atomic E-state index is 0.102. The summed E-state index contributed by atoms with van der Waals surface area (Å²) in [5.74, 6) is 0. The van der Waals surface area contributed by atoms with Gasteiger partial charge in [0.25, 0.3) is 0 Å². The Labute approximate surface area is 123 Å². The van der Waals surface area contributed by atoms with Crippen molar-refractivity contribution < 1.29 is 8.42 Å². The number of piperidine rings is 1. The fraction of sp³-hybridized carbons (Fsp3) is 0.538. The summed E-state index contributed by atoms with van der Waals surface area (Å²) in [6, 6.07) is 6.91. The molecular formula is C13H19BrN2O2S. The fourth-order valence-corrected chi connectivity index (χ4v) is 4.01. The van der Waals surface area contributed by atoms with Crippen LogP contribution in [0.25, 0.3) is 0 Å². The molecule has 4 nitrogen and oxygen atoms in total. The van der Waals surface area contributed by atoms with Crippen molar-refractivity contribution in [2.24, 2.45) is 0 Å². The predicted octanol–water partition coefficient (Wildman–Crippen LogP) is 2.16. The summed E-state index contributed by atoms with van der Waals surface area (Å²) in [6.07, 6.45) is 1.78. The van der Waals surface area contributed by atoms with E-state index in [0.29, 0.717) is 4.90 Å². The Hall–Kier alpha value is -0.430. The highest BCUT2D eigenvalue weighted by molar-refractivity contribution is 9.10. The number of nitrogens with zero attached hydrogens (tertiary/aromatic N) is 2. The van der Waals surface area contributed by atoms with Crippen LogP contribution in [0.15, 0.2) is 33.6 Å². The van der Waals surface area contributed by atoms with Crippen molar-refractivity contribution in [2.45, 2.75) is 23.8 Å². The third-order valence-electron chi connectivity index (χ3n) is 3.69. The molecule has 1 aromatic carbocycles. The van der Waals surface area contributed by atoms with Gasteiger partial charge in [-0.25, -0.2) is 8.42 Å². The summed E-state index contributed by atoms with van der Waals surface area (Å²) in [7, 11) is 0.378. The minimum Gasteiger partial charge on any atom is -0.306 e. The molecular weight excluding hydrogens is 328 g/mol. The van der Waals surface area contributed by atoms with Crippen LogP contribution in [0.5, 0.6) is 0 Å². The summed E-state index contributed by atoms with van der Waals surface area (Å²) in [5, 5.41) is 0. The molecule has 1 fully saturated rings. The Bertz CT molecular complexity index is 522. The Morgan fingerprint density at radius 3 is 2.26 bits per heavy atom. The lowest BCUT2D eigenvalue weighted by Crippen LogP contribution is -2.44. The van der Waals surface area contributed by atoms with Gasteiger partial charge in [-0.15, -0.1) is 0 Å². The van der Waals surface area contributed by atoms with E-state index in [1.807, 2.05) is 0 Å². The average Bonchev–Trinajstić information content (AvgIpc) is 2.39. The van der Waals surface area contributed by atoms with Crippen LogP contribution in [0.1, 0.15) is 12.8 Å². The first kappa shape index (κ1) is 15.0. The molecule has 0 N–H and O–H groups in total. The third-order valence-corrected chi connectivity index (χ3v) is 6.15. The van der Waals surface area contributed by atoms with Gasteiger partial charge in [0, 0.05) is 17.6 Å². The fourth-order valence-electron chi connectivity index (χ4n) is 2.33. The summed E-state index contributed by atoms with van der Waals surface area (Å²) in [4.78, 5) is 2.59. The molecule has 0 unspecified atom stereocenters. The van der Waals surface area contributed by atoms with Crippen molar-refractivity contribution in [2.75, 3.05) is 27.2 Å². The predicted molar refractivity (Wildman–Crippen MR) is 79.6 cm³/mol. The molecule has 1 aromatic rings. The van der Waals surface area contributed by atoms with Gasteiger partial charge in [-0.3, -0.25) is 0 Å². The maximum absolute atomic E-state index is 12.5. The molecule has 0 atom stereocenters. The van der Waals surface area contributed by atoms with Crippen LogP contribution in [0.4, 0.5) is 0 Å². The van der Waals surface area contributed by atoms with Crippen LogP contribution in [0, 0.1) is 0 Å². The summed E-state index contributed by atoms with van der Waals surface area (Å²) < 4.78 is 27.5. The molecule has 0 bridgehead atoms. The Balaban J connectivity index is 2.17. The van der Waals surface area contributed by atoms with Gasteiger partial charge in [-0.05, 0) is 57.2 Å². The van der Waals surface area contributed by atoms with Crippen LogP contribution in [-0.2, 0) is 10.0 Å². The molecule has 0 amide bonds. The lowest BCUT2D eigenvalue weighted by molar-refractivity contribution is 0.197. The van der Waals surface area contributed by atoms with Crippen LogP contribution >= 0.6 is 15.9 Å². The largest absolute Gasteiger partial charge is 0.306 e. The van der Waals surface area contributed by atoms with Crippen LogP contribution in [-0.4, -0.2) is 50.8 Å². The van der Waals surface area contributed by atoms with E-state index in [1.165, 1.54) is 4.31 Å². The molecule has 0 saturated carbocycles. The van der Waals surface area contributed by atoms with Gasteiger partial charge in [-0.2, -0.15) is 4.31 Å². The van der Waals surface area contributed by atoms with E-state index in [0.717, 1.165) is 30.4 Å². The van der Waals surface area contributed by atoms with Crippen LogP contribution in [0.3, 0.4) is 0 Å². The van der Waals surface area contributed by atoms with Crippen molar-refractivity contribution in [1.29, 1.82) is 0 Å². The van der Waals surface area contributed by atoms with Crippen molar-refractivity contribution in [3.63, 3.8) is 0 Å². The molecule has 6 heteroatoms. The van der Waals surface area contributed by atoms with Crippen LogP contribution < -0.4 is 0 Å². The zero-order valence-corrected chi connectivity index (χ0v) is 13.6. The second kappa shape index (κ2) is 5.91. The monoisotopic (exact) mass is 346 g/mol. The number of hydrogen-bond donors (Lipinski definition) is 0. The lowest BCUT2D eigenvalue weighted by atomic mass is 10.1. The van der Waals surface area contributed by atoms with E-state index < -0.39 is 10.0 Å². The Kier molecular flexibility index (Phi) is 4.66. The second-order valence-electron chi connectivity index (χ2n) is 5.01. The first-order valence-electron chi connectivity index (χ1n) is 6.33. The normalized spacial score (nSPS) is 18.9. The Morgan fingerprint density at radius 1 is 1.21 bits per heavy atom. The standard InChI is InChI=1S/C13H19BrN2O2S/c1-15-9-7-12(8-10-15)16(2)19(17,18)13-5-3-11(14)4-6-13/h3-6,12H,7-10H2,1-2H3. The number of hydrogen-bond acceptors (Lipinski definition) is 3. The molecule has 106 valence electrons. The maximum atomic E-state index is 12.5. The number of likely N-dealkylation sites (tertiary alicyclic amines) is 1. The summed E-state index contributed by atoms with van der Waals surface area (Å²) in [5.41, 5.74) is 0. The maximum Gasteiger partial charge on any atom is 0.243 e. The number of sulfonamides is 1. The molecule has 19 heavy (non-hydrogen) atoms. The highest BCUT2D eigenvalue weighted by atomic mass is 79.9. The third kappa shape index (κ3) is 3.37. The quantitative estimate of drug-likeness (QED) is 0.841. The average molecular weight is 347 g/mol. The van der Waals surface area contributed by atoms with Gasteiger partial charge in [-0.1, -0.05) is 15.9 Å². The van der Waals surface area contributed by atoms with Crippen molar-refractivity contribution in [3.8, 4) is 0 Å². The van der Waals surface area contributed by atoms with Gasteiger partial charge in [0.2, 0.25) is 10.0 Å². The van der Waals surface area contributed by atoms with Crippen molar-refractivity contribution in [1.82, 2.24) is 9.21 Å². The topological polar surface area (TPSA) is 40.6 Å². The smallest absolute Gasteiger partial charge is 0.243 e. The van der Waals surface area contributed by atoms with E-state index in [4.69, 9.17) is 0 Å². The zero-order valence-electron chi connectivity index (χ0n) is 11.2. The van der Waals surface area contributed by atoms with Gasteiger partial charge in [0.15, 0.2) is 0 Å². The van der Waals surface area contributed by atoms with Crippen LogP contribution in [0.2, 0.25) is 0 Å². The van der Waals surface area contributed by atoms with E-state index in [-0.39, 0.29) is 6.04 Å². The molecule has 1 saturated heterocycles. The molecule has 0 radical (unpaired) electrons. The van der Waals surface area contributed by atoms with Crippen molar-refractivity contribution in [3.05, 3.63) is 28.7 Å². The molecule has 1 aliphatic rings. The highest BCUT2D eigenvalue weighted by Gasteiger charge is 2.29. The van der Waals surface area contributed by atoms with E-state index in [1.54, 1.807) is 31.3 Å². The first-order valence-corrected chi connectivity index (χ1v) is 8.57. The number of halogens is 1. The first-order chi connectivity index (χ1) is 8.91. The van der Waals surface area contributed by atoms with E-state index >= 15 is 0 Å². The SMILES string of the molecule is CN1CCC(N(C)S(=O)(=O)c2ccc(Br)cc2)CC1. The summed E-state index contributed by atoms with van der Waals surface area (Å²) >= 11 is 3.32. The summed E-state index contributed by atoms with van der Waals surface area (Å²) in [6.45, 7) is 1.90. The molecule has 1 aliphatic heterocycles. The Morgan fingerprint density at radius 2 is 1.74 bits per heavy atom. The van der Waals surface area contributed by atoms with Gasteiger partial charge < -0.3 is 4.90 Å². The van der Waals surface area contributed by atoms with Gasteiger partial charge in [0.05, 0.1) is 4.90 Å². The molecule has 0 aliphatic carbocycles. The minimum atomic E-state index is -3.38. The van der Waals surface area contributed by atoms with E-state index in [2.05, 4.69) is 27.9 Å². The van der Waals surface area contributed by atoms with Crippen molar-refractivity contribution >= 4 is 26.0 Å². The number of rotatable bonds is 3. The molecule has 2 rings (SSSR count). The molecule has 1 heterocycles.